The first kappa shape index (κ1) is 15.1. The summed E-state index contributed by atoms with van der Waals surface area (Å²) in [4.78, 5) is 11.9. The molecule has 0 saturated carbocycles. The molecule has 0 aliphatic carbocycles. The normalized spacial score (nSPS) is 10.4. The second kappa shape index (κ2) is 6.90. The number of phenolic OH excluding ortho intramolecular Hbond substituents is 1. The largest absolute Gasteiger partial charge is 0.508 e. The van der Waals surface area contributed by atoms with Gasteiger partial charge in [-0.3, -0.25) is 4.79 Å². The average Bonchev–Trinajstić information content (AvgIpc) is 2.50. The number of aryl methyl sites for hydroxylation is 1. The maximum absolute atomic E-state index is 11.9. The highest BCUT2D eigenvalue weighted by molar-refractivity contribution is 5.94. The van der Waals surface area contributed by atoms with Crippen LogP contribution >= 0.6 is 0 Å². The molecule has 0 aromatic heterocycles. The van der Waals surface area contributed by atoms with Gasteiger partial charge in [0.05, 0.1) is 6.61 Å². The van der Waals surface area contributed by atoms with Gasteiger partial charge in [0.25, 0.3) is 5.91 Å². The summed E-state index contributed by atoms with van der Waals surface area (Å²) < 4.78 is 0. The van der Waals surface area contributed by atoms with Crippen molar-refractivity contribution in [3.63, 3.8) is 0 Å². The number of amides is 1. The zero-order valence-corrected chi connectivity index (χ0v) is 12.0. The number of hydrogen-bond donors (Lipinski definition) is 3. The van der Waals surface area contributed by atoms with E-state index in [4.69, 9.17) is 5.11 Å². The Balaban J connectivity index is 1.87. The Labute approximate surface area is 124 Å². The van der Waals surface area contributed by atoms with Crippen LogP contribution < -0.4 is 5.32 Å². The van der Waals surface area contributed by atoms with Gasteiger partial charge in [0.1, 0.15) is 5.75 Å². The lowest BCUT2D eigenvalue weighted by Crippen LogP contribution is -2.25. The molecule has 0 bridgehead atoms. The molecular formula is C17H19NO3. The molecule has 21 heavy (non-hydrogen) atoms. The lowest BCUT2D eigenvalue weighted by molar-refractivity contribution is 0.0953. The van der Waals surface area contributed by atoms with Gasteiger partial charge in [-0.05, 0) is 42.2 Å². The standard InChI is InChI=1S/C17H19NO3/c1-12-2-7-15(10-16(12)20)17(21)18-9-8-13-3-5-14(11-19)6-4-13/h2-7,10,19-20H,8-9,11H2,1H3,(H,18,21). The average molecular weight is 285 g/mol. The van der Waals surface area contributed by atoms with Gasteiger partial charge < -0.3 is 15.5 Å². The van der Waals surface area contributed by atoms with Crippen molar-refractivity contribution in [3.05, 3.63) is 64.7 Å². The highest BCUT2D eigenvalue weighted by atomic mass is 16.3. The summed E-state index contributed by atoms with van der Waals surface area (Å²) in [5.41, 5.74) is 3.17. The van der Waals surface area contributed by atoms with E-state index in [1.165, 1.54) is 6.07 Å². The van der Waals surface area contributed by atoms with Crippen LogP contribution in [0.1, 0.15) is 27.0 Å². The molecule has 0 heterocycles. The number of carbonyl (C=O) groups excluding carboxylic acids is 1. The minimum absolute atomic E-state index is 0.0356. The van der Waals surface area contributed by atoms with Crippen LogP contribution in [0, 0.1) is 6.92 Å². The molecular weight excluding hydrogens is 266 g/mol. The Morgan fingerprint density at radius 3 is 2.38 bits per heavy atom. The first-order chi connectivity index (χ1) is 10.1. The number of hydrogen-bond acceptors (Lipinski definition) is 3. The minimum Gasteiger partial charge on any atom is -0.508 e. The van der Waals surface area contributed by atoms with E-state index in [0.29, 0.717) is 12.1 Å². The summed E-state index contributed by atoms with van der Waals surface area (Å²) in [6, 6.07) is 12.5. The molecule has 2 aromatic carbocycles. The van der Waals surface area contributed by atoms with Crippen LogP contribution in [-0.4, -0.2) is 22.7 Å². The van der Waals surface area contributed by atoms with Crippen LogP contribution in [0.15, 0.2) is 42.5 Å². The molecule has 4 heteroatoms. The third-order valence-corrected chi connectivity index (χ3v) is 3.38. The predicted octanol–water partition coefficient (Wildman–Crippen LogP) is 2.17. The second-order valence-corrected chi connectivity index (χ2v) is 4.98. The van der Waals surface area contributed by atoms with Crippen LogP contribution in [0.25, 0.3) is 0 Å². The molecule has 0 aliphatic rings. The summed E-state index contributed by atoms with van der Waals surface area (Å²) in [5, 5.41) is 21.4. The smallest absolute Gasteiger partial charge is 0.251 e. The Hall–Kier alpha value is -2.33. The van der Waals surface area contributed by atoms with Crippen molar-refractivity contribution in [1.29, 1.82) is 0 Å². The third kappa shape index (κ3) is 4.07. The van der Waals surface area contributed by atoms with Crippen molar-refractivity contribution in [3.8, 4) is 5.75 Å². The molecule has 1 amide bonds. The van der Waals surface area contributed by atoms with E-state index in [2.05, 4.69) is 5.32 Å². The van der Waals surface area contributed by atoms with Gasteiger partial charge in [0, 0.05) is 12.1 Å². The van der Waals surface area contributed by atoms with E-state index in [9.17, 15) is 9.90 Å². The fourth-order valence-electron chi connectivity index (χ4n) is 1.98. The van der Waals surface area contributed by atoms with Gasteiger partial charge in [-0.25, -0.2) is 0 Å². The fourth-order valence-corrected chi connectivity index (χ4v) is 1.98. The number of benzene rings is 2. The van der Waals surface area contributed by atoms with Crippen molar-refractivity contribution in [1.82, 2.24) is 5.32 Å². The van der Waals surface area contributed by atoms with Crippen molar-refractivity contribution >= 4 is 5.91 Å². The van der Waals surface area contributed by atoms with Gasteiger partial charge in [-0.1, -0.05) is 30.3 Å². The number of rotatable bonds is 5. The van der Waals surface area contributed by atoms with E-state index >= 15 is 0 Å². The molecule has 3 N–H and O–H groups in total. The summed E-state index contributed by atoms with van der Waals surface area (Å²) in [6.45, 7) is 2.34. The number of carbonyl (C=O) groups is 1. The van der Waals surface area contributed by atoms with E-state index in [0.717, 1.165) is 23.1 Å². The van der Waals surface area contributed by atoms with E-state index in [1.807, 2.05) is 24.3 Å². The predicted molar refractivity (Wildman–Crippen MR) is 81.2 cm³/mol. The van der Waals surface area contributed by atoms with Crippen LogP contribution in [0.4, 0.5) is 0 Å². The number of nitrogens with one attached hydrogen (secondary N) is 1. The van der Waals surface area contributed by atoms with Gasteiger partial charge in [0.15, 0.2) is 0 Å². The van der Waals surface area contributed by atoms with Gasteiger partial charge >= 0.3 is 0 Å². The van der Waals surface area contributed by atoms with Crippen molar-refractivity contribution in [2.45, 2.75) is 20.0 Å². The van der Waals surface area contributed by atoms with Crippen LogP contribution in [0.5, 0.6) is 5.75 Å². The Bertz CT molecular complexity index is 620. The summed E-state index contributed by atoms with van der Waals surface area (Å²) in [6.07, 6.45) is 0.718. The minimum atomic E-state index is -0.197. The zero-order chi connectivity index (χ0) is 15.2. The molecule has 2 rings (SSSR count). The number of aliphatic hydroxyl groups is 1. The zero-order valence-electron chi connectivity index (χ0n) is 12.0. The Kier molecular flexibility index (Phi) is 4.95. The molecule has 0 fully saturated rings. The van der Waals surface area contributed by atoms with Crippen LogP contribution in [-0.2, 0) is 13.0 Å². The first-order valence-corrected chi connectivity index (χ1v) is 6.86. The van der Waals surface area contributed by atoms with Crippen molar-refractivity contribution in [2.24, 2.45) is 0 Å². The molecule has 0 radical (unpaired) electrons. The first-order valence-electron chi connectivity index (χ1n) is 6.86. The summed E-state index contributed by atoms with van der Waals surface area (Å²) in [7, 11) is 0. The molecule has 0 unspecified atom stereocenters. The van der Waals surface area contributed by atoms with Gasteiger partial charge in [-0.2, -0.15) is 0 Å². The van der Waals surface area contributed by atoms with Crippen molar-refractivity contribution < 1.29 is 15.0 Å². The molecule has 110 valence electrons. The quantitative estimate of drug-likeness (QED) is 0.788. The third-order valence-electron chi connectivity index (χ3n) is 3.38. The SMILES string of the molecule is Cc1ccc(C(=O)NCCc2ccc(CO)cc2)cc1O. The van der Waals surface area contributed by atoms with Crippen molar-refractivity contribution in [2.75, 3.05) is 6.54 Å². The van der Waals surface area contributed by atoms with Crippen LogP contribution in [0.2, 0.25) is 0 Å². The lowest BCUT2D eigenvalue weighted by atomic mass is 10.1. The fraction of sp³-hybridized carbons (Fsp3) is 0.235. The maximum Gasteiger partial charge on any atom is 0.251 e. The summed E-state index contributed by atoms with van der Waals surface area (Å²) >= 11 is 0. The van der Waals surface area contributed by atoms with Gasteiger partial charge in [0.2, 0.25) is 0 Å². The number of phenols is 1. The molecule has 0 atom stereocenters. The molecule has 4 nitrogen and oxygen atoms in total. The molecule has 0 spiro atoms. The molecule has 2 aromatic rings. The van der Waals surface area contributed by atoms with E-state index < -0.39 is 0 Å². The Morgan fingerprint density at radius 1 is 1.10 bits per heavy atom. The maximum atomic E-state index is 11.9. The highest BCUT2D eigenvalue weighted by Gasteiger charge is 2.07. The molecule has 0 saturated heterocycles. The molecule has 0 aliphatic heterocycles. The van der Waals surface area contributed by atoms with E-state index in [1.54, 1.807) is 19.1 Å². The van der Waals surface area contributed by atoms with Crippen LogP contribution in [0.3, 0.4) is 0 Å². The number of aliphatic hydroxyl groups excluding tert-OH is 1. The summed E-state index contributed by atoms with van der Waals surface area (Å²) in [5.74, 6) is -0.0699. The monoisotopic (exact) mass is 285 g/mol. The lowest BCUT2D eigenvalue weighted by Gasteiger charge is -2.07. The number of aromatic hydroxyl groups is 1. The topological polar surface area (TPSA) is 69.6 Å². The van der Waals surface area contributed by atoms with Gasteiger partial charge in [-0.15, -0.1) is 0 Å². The Morgan fingerprint density at radius 2 is 1.76 bits per heavy atom. The second-order valence-electron chi connectivity index (χ2n) is 4.98. The highest BCUT2D eigenvalue weighted by Crippen LogP contribution is 2.17. The van der Waals surface area contributed by atoms with E-state index in [-0.39, 0.29) is 18.3 Å².